The van der Waals surface area contributed by atoms with Gasteiger partial charge in [0, 0.05) is 16.9 Å². The van der Waals surface area contributed by atoms with Gasteiger partial charge in [0.1, 0.15) is 11.6 Å². The van der Waals surface area contributed by atoms with E-state index < -0.39 is 5.91 Å². The summed E-state index contributed by atoms with van der Waals surface area (Å²) < 4.78 is 7.26. The summed E-state index contributed by atoms with van der Waals surface area (Å²) in [5.41, 5.74) is 7.24. The predicted octanol–water partition coefficient (Wildman–Crippen LogP) is 8.10. The fourth-order valence-electron chi connectivity index (χ4n) is 4.91. The topological polar surface area (TPSA) is 84.1 Å². The lowest BCUT2D eigenvalue weighted by atomic mass is 10.0. The molecule has 0 aliphatic carbocycles. The molecule has 1 amide bonds. The van der Waals surface area contributed by atoms with Gasteiger partial charge in [-0.25, -0.2) is 4.79 Å². The zero-order valence-electron chi connectivity index (χ0n) is 24.1. The molecule has 0 unspecified atom stereocenters. The predicted molar refractivity (Wildman–Crippen MR) is 171 cm³/mol. The van der Waals surface area contributed by atoms with Gasteiger partial charge in [0.2, 0.25) is 0 Å². The Labute approximate surface area is 251 Å². The zero-order chi connectivity index (χ0) is 30.2. The molecule has 212 valence electrons. The van der Waals surface area contributed by atoms with Gasteiger partial charge in [0.15, 0.2) is 0 Å². The third-order valence-electron chi connectivity index (χ3n) is 7.07. The largest absolute Gasteiger partial charge is 0.462 e. The minimum Gasteiger partial charge on any atom is -0.462 e. The number of carbonyl (C=O) groups excluding carboxylic acids is 2. The monoisotopic (exact) mass is 565 g/mol. The van der Waals surface area contributed by atoms with E-state index in [0.717, 1.165) is 40.2 Å². The fraction of sp³-hybridized carbons (Fsp3) is 0.108. The maximum Gasteiger partial charge on any atom is 0.338 e. The van der Waals surface area contributed by atoms with Crippen LogP contribution in [0.5, 0.6) is 0 Å². The molecule has 0 radical (unpaired) electrons. The number of benzene rings is 4. The fourth-order valence-corrected chi connectivity index (χ4v) is 4.91. The van der Waals surface area contributed by atoms with Crippen molar-refractivity contribution >= 4 is 23.6 Å². The molecular weight excluding hydrogens is 534 g/mol. The maximum atomic E-state index is 13.3. The van der Waals surface area contributed by atoms with Crippen molar-refractivity contribution in [2.75, 3.05) is 11.9 Å². The summed E-state index contributed by atoms with van der Waals surface area (Å²) in [5.74, 6) is -0.871. The van der Waals surface area contributed by atoms with Crippen LogP contribution in [-0.4, -0.2) is 23.1 Å². The first kappa shape index (κ1) is 28.8. The van der Waals surface area contributed by atoms with E-state index in [1.54, 1.807) is 25.1 Å². The number of aryl methyl sites for hydroxylation is 1. The molecule has 1 N–H and O–H groups in total. The molecular formula is C37H31N3O3. The molecule has 0 spiro atoms. The van der Waals surface area contributed by atoms with Crippen molar-refractivity contribution < 1.29 is 14.3 Å². The Balaban J connectivity index is 1.67. The number of esters is 1. The van der Waals surface area contributed by atoms with Crippen LogP contribution in [0, 0.1) is 11.3 Å². The van der Waals surface area contributed by atoms with Crippen molar-refractivity contribution in [1.82, 2.24) is 4.57 Å². The standard InChI is InChI=1S/C37H31N3O3/c1-3-26-15-19-32(20-16-26)39-36(41)31(25-38)23-30-24-34(27-11-7-5-8-12-27)40(35(30)28-13-9-6-10-14-28)33-21-17-29(18-22-33)37(42)43-4-2/h5-24H,3-4H2,1-2H3,(H,39,41)/b31-23+. The molecule has 0 fully saturated rings. The van der Waals surface area contributed by atoms with Crippen LogP contribution >= 0.6 is 0 Å². The van der Waals surface area contributed by atoms with Gasteiger partial charge in [-0.15, -0.1) is 0 Å². The molecule has 1 heterocycles. The van der Waals surface area contributed by atoms with Crippen LogP contribution in [0.4, 0.5) is 5.69 Å². The van der Waals surface area contributed by atoms with E-state index in [1.165, 1.54) is 0 Å². The van der Waals surface area contributed by atoms with Crippen LogP contribution in [-0.2, 0) is 16.0 Å². The van der Waals surface area contributed by atoms with E-state index in [1.807, 2.05) is 103 Å². The van der Waals surface area contributed by atoms with Gasteiger partial charge in [0.25, 0.3) is 5.91 Å². The number of anilines is 1. The molecule has 6 heteroatoms. The first-order chi connectivity index (χ1) is 21.0. The Bertz CT molecular complexity index is 1800. The molecule has 0 aliphatic heterocycles. The summed E-state index contributed by atoms with van der Waals surface area (Å²) in [6.07, 6.45) is 2.53. The number of hydrogen-bond acceptors (Lipinski definition) is 4. The van der Waals surface area contributed by atoms with Gasteiger partial charge < -0.3 is 14.6 Å². The molecule has 6 nitrogen and oxygen atoms in total. The molecule has 0 aliphatic rings. The summed E-state index contributed by atoms with van der Waals surface area (Å²) >= 11 is 0. The van der Waals surface area contributed by atoms with Gasteiger partial charge in [-0.2, -0.15) is 5.26 Å². The number of rotatable bonds is 9. The van der Waals surface area contributed by atoms with Gasteiger partial charge in [-0.05, 0) is 78.6 Å². The van der Waals surface area contributed by atoms with Crippen LogP contribution in [0.15, 0.2) is 121 Å². The van der Waals surface area contributed by atoms with Crippen molar-refractivity contribution in [3.05, 3.63) is 138 Å². The van der Waals surface area contributed by atoms with Crippen molar-refractivity contribution in [2.24, 2.45) is 0 Å². The Kier molecular flexibility index (Phi) is 8.94. The maximum absolute atomic E-state index is 13.3. The van der Waals surface area contributed by atoms with Crippen molar-refractivity contribution in [2.45, 2.75) is 20.3 Å². The van der Waals surface area contributed by atoms with Crippen LogP contribution in [0.1, 0.15) is 35.3 Å². The number of nitrogens with zero attached hydrogens (tertiary/aromatic N) is 2. The number of hydrogen-bond donors (Lipinski definition) is 1. The first-order valence-electron chi connectivity index (χ1n) is 14.2. The Morgan fingerprint density at radius 1 is 0.837 bits per heavy atom. The van der Waals surface area contributed by atoms with Crippen LogP contribution in [0.3, 0.4) is 0 Å². The lowest BCUT2D eigenvalue weighted by molar-refractivity contribution is -0.112. The zero-order valence-corrected chi connectivity index (χ0v) is 24.1. The average Bonchev–Trinajstić information content (AvgIpc) is 3.44. The lowest BCUT2D eigenvalue weighted by Crippen LogP contribution is -2.13. The SMILES string of the molecule is CCOC(=O)c1ccc(-n2c(-c3ccccc3)cc(/C=C(\C#N)C(=O)Nc3ccc(CC)cc3)c2-c2ccccc2)cc1. The minimum atomic E-state index is -0.487. The second-order valence-electron chi connectivity index (χ2n) is 9.84. The van der Waals surface area contributed by atoms with Crippen LogP contribution < -0.4 is 5.32 Å². The number of amides is 1. The number of nitrogens with one attached hydrogen (secondary N) is 1. The summed E-state index contributed by atoms with van der Waals surface area (Å²) in [7, 11) is 0. The van der Waals surface area contributed by atoms with Crippen LogP contribution in [0.2, 0.25) is 0 Å². The second kappa shape index (κ2) is 13.3. The number of nitriles is 1. The van der Waals surface area contributed by atoms with Gasteiger partial charge in [0.05, 0.1) is 23.6 Å². The quantitative estimate of drug-likeness (QED) is 0.111. The summed E-state index contributed by atoms with van der Waals surface area (Å²) in [6.45, 7) is 4.14. The Morgan fingerprint density at radius 2 is 1.47 bits per heavy atom. The normalized spacial score (nSPS) is 11.0. The first-order valence-corrected chi connectivity index (χ1v) is 14.2. The third-order valence-corrected chi connectivity index (χ3v) is 7.07. The smallest absolute Gasteiger partial charge is 0.338 e. The second-order valence-corrected chi connectivity index (χ2v) is 9.84. The van der Waals surface area contributed by atoms with E-state index in [4.69, 9.17) is 4.74 Å². The van der Waals surface area contributed by atoms with Crippen molar-refractivity contribution in [3.63, 3.8) is 0 Å². The van der Waals surface area contributed by atoms with E-state index in [2.05, 4.69) is 22.9 Å². The van der Waals surface area contributed by atoms with Gasteiger partial charge in [-0.3, -0.25) is 4.79 Å². The summed E-state index contributed by atoms with van der Waals surface area (Å²) in [4.78, 5) is 25.6. The summed E-state index contributed by atoms with van der Waals surface area (Å²) in [6, 6.07) is 38.6. The molecule has 5 rings (SSSR count). The van der Waals surface area contributed by atoms with Crippen molar-refractivity contribution in [1.29, 1.82) is 5.26 Å². The molecule has 4 aromatic carbocycles. The summed E-state index contributed by atoms with van der Waals surface area (Å²) in [5, 5.41) is 12.9. The number of ether oxygens (including phenoxy) is 1. The number of aromatic nitrogens is 1. The average molecular weight is 566 g/mol. The highest BCUT2D eigenvalue weighted by Crippen LogP contribution is 2.37. The van der Waals surface area contributed by atoms with E-state index in [-0.39, 0.29) is 11.5 Å². The molecule has 0 atom stereocenters. The highest BCUT2D eigenvalue weighted by molar-refractivity contribution is 6.10. The minimum absolute atomic E-state index is 0.0221. The lowest BCUT2D eigenvalue weighted by Gasteiger charge is -2.15. The van der Waals surface area contributed by atoms with E-state index in [9.17, 15) is 14.9 Å². The molecule has 0 saturated carbocycles. The van der Waals surface area contributed by atoms with Gasteiger partial charge >= 0.3 is 5.97 Å². The van der Waals surface area contributed by atoms with E-state index >= 15 is 0 Å². The Hall–Kier alpha value is -5.67. The molecule has 1 aromatic heterocycles. The number of carbonyl (C=O) groups is 2. The molecule has 0 saturated heterocycles. The van der Waals surface area contributed by atoms with Crippen LogP contribution in [0.25, 0.3) is 34.3 Å². The molecule has 43 heavy (non-hydrogen) atoms. The third kappa shape index (κ3) is 6.47. The Morgan fingerprint density at radius 3 is 2.05 bits per heavy atom. The molecule has 5 aromatic rings. The highest BCUT2D eigenvalue weighted by Gasteiger charge is 2.21. The molecule has 0 bridgehead atoms. The van der Waals surface area contributed by atoms with E-state index in [0.29, 0.717) is 23.4 Å². The van der Waals surface area contributed by atoms with Crippen molar-refractivity contribution in [3.8, 4) is 34.3 Å². The van der Waals surface area contributed by atoms with Gasteiger partial charge in [-0.1, -0.05) is 79.7 Å². The highest BCUT2D eigenvalue weighted by atomic mass is 16.5.